The SMILES string of the molecule is CCOC(=O)C(=O)c1cc(F)c(Br)cc1C. The van der Waals surface area contributed by atoms with Crippen LogP contribution in [0, 0.1) is 12.7 Å². The normalized spacial score (nSPS) is 10.0. The maximum Gasteiger partial charge on any atom is 0.379 e. The molecule has 1 rings (SSSR count). The molecule has 1 aromatic carbocycles. The average Bonchev–Trinajstić information content (AvgIpc) is 2.23. The minimum atomic E-state index is -0.965. The summed E-state index contributed by atoms with van der Waals surface area (Å²) in [7, 11) is 0. The number of Topliss-reactive ketones (excluding diaryl/α,β-unsaturated/α-hetero) is 1. The fourth-order valence-electron chi connectivity index (χ4n) is 1.20. The second-order valence-corrected chi connectivity index (χ2v) is 3.99. The Morgan fingerprint density at radius 1 is 1.44 bits per heavy atom. The highest BCUT2D eigenvalue weighted by atomic mass is 79.9. The van der Waals surface area contributed by atoms with Gasteiger partial charge in [-0.15, -0.1) is 0 Å². The zero-order valence-corrected chi connectivity index (χ0v) is 10.4. The topological polar surface area (TPSA) is 43.4 Å². The Balaban J connectivity index is 3.09. The number of esters is 1. The van der Waals surface area contributed by atoms with Gasteiger partial charge in [0.1, 0.15) is 5.82 Å². The number of benzene rings is 1. The van der Waals surface area contributed by atoms with Crippen molar-refractivity contribution in [2.45, 2.75) is 13.8 Å². The standard InChI is InChI=1S/C11H10BrFO3/c1-3-16-11(15)10(14)7-5-9(13)8(12)4-6(7)2/h4-5H,3H2,1-2H3. The van der Waals surface area contributed by atoms with Gasteiger partial charge in [-0.1, -0.05) is 0 Å². The van der Waals surface area contributed by atoms with Crippen molar-refractivity contribution in [2.75, 3.05) is 6.61 Å². The number of carbonyl (C=O) groups excluding carboxylic acids is 2. The van der Waals surface area contributed by atoms with E-state index in [1.165, 1.54) is 6.07 Å². The number of halogens is 2. The summed E-state index contributed by atoms with van der Waals surface area (Å²) in [4.78, 5) is 22.7. The predicted molar refractivity (Wildman–Crippen MR) is 59.8 cm³/mol. The van der Waals surface area contributed by atoms with Gasteiger partial charge in [0.2, 0.25) is 0 Å². The second-order valence-electron chi connectivity index (χ2n) is 3.13. The van der Waals surface area contributed by atoms with E-state index in [0.29, 0.717) is 5.56 Å². The summed E-state index contributed by atoms with van der Waals surface area (Å²) in [6, 6.07) is 2.47. The smallest absolute Gasteiger partial charge is 0.379 e. The van der Waals surface area contributed by atoms with Crippen LogP contribution in [0.4, 0.5) is 4.39 Å². The predicted octanol–water partition coefficient (Wildman–Crippen LogP) is 2.64. The molecule has 0 radical (unpaired) electrons. The van der Waals surface area contributed by atoms with Crippen molar-refractivity contribution < 1.29 is 18.7 Å². The maximum atomic E-state index is 13.2. The first kappa shape index (κ1) is 12.8. The van der Waals surface area contributed by atoms with Crippen LogP contribution in [0.5, 0.6) is 0 Å². The van der Waals surface area contributed by atoms with Crippen molar-refractivity contribution in [3.8, 4) is 0 Å². The number of rotatable bonds is 3. The largest absolute Gasteiger partial charge is 0.460 e. The highest BCUT2D eigenvalue weighted by molar-refractivity contribution is 9.10. The van der Waals surface area contributed by atoms with Gasteiger partial charge in [-0.2, -0.15) is 0 Å². The quantitative estimate of drug-likeness (QED) is 0.488. The molecular weight excluding hydrogens is 279 g/mol. The van der Waals surface area contributed by atoms with E-state index in [1.807, 2.05) is 0 Å². The van der Waals surface area contributed by atoms with Crippen LogP contribution in [-0.4, -0.2) is 18.4 Å². The number of aryl methyl sites for hydroxylation is 1. The van der Waals surface area contributed by atoms with Crippen molar-refractivity contribution in [1.29, 1.82) is 0 Å². The van der Waals surface area contributed by atoms with E-state index in [1.54, 1.807) is 13.8 Å². The van der Waals surface area contributed by atoms with Crippen LogP contribution in [0.15, 0.2) is 16.6 Å². The summed E-state index contributed by atoms with van der Waals surface area (Å²) in [5.41, 5.74) is 0.547. The summed E-state index contributed by atoms with van der Waals surface area (Å²) < 4.78 is 18.0. The fraction of sp³-hybridized carbons (Fsp3) is 0.273. The summed E-state index contributed by atoms with van der Waals surface area (Å²) in [5.74, 6) is -2.38. The molecular formula is C11H10BrFO3. The van der Waals surface area contributed by atoms with Gasteiger partial charge in [0.25, 0.3) is 5.78 Å². The Labute approximate surface area is 101 Å². The number of carbonyl (C=O) groups is 2. The Bertz CT molecular complexity index is 443. The van der Waals surface area contributed by atoms with Crippen LogP contribution < -0.4 is 0 Å². The Kier molecular flexibility index (Phi) is 4.18. The molecule has 5 heteroatoms. The molecule has 0 aliphatic rings. The number of ether oxygens (including phenoxy) is 1. The van der Waals surface area contributed by atoms with Crippen LogP contribution in [0.2, 0.25) is 0 Å². The first-order valence-corrected chi connectivity index (χ1v) is 5.43. The zero-order valence-electron chi connectivity index (χ0n) is 8.84. The summed E-state index contributed by atoms with van der Waals surface area (Å²) in [5, 5.41) is 0. The molecule has 0 unspecified atom stereocenters. The summed E-state index contributed by atoms with van der Waals surface area (Å²) in [6.45, 7) is 3.33. The van der Waals surface area contributed by atoms with E-state index in [-0.39, 0.29) is 16.6 Å². The van der Waals surface area contributed by atoms with Crippen LogP contribution in [-0.2, 0) is 9.53 Å². The molecule has 0 spiro atoms. The van der Waals surface area contributed by atoms with Crippen molar-refractivity contribution in [1.82, 2.24) is 0 Å². The third-order valence-electron chi connectivity index (χ3n) is 1.97. The first-order valence-electron chi connectivity index (χ1n) is 4.64. The van der Waals surface area contributed by atoms with Gasteiger partial charge in [0, 0.05) is 5.56 Å². The molecule has 86 valence electrons. The lowest BCUT2D eigenvalue weighted by Gasteiger charge is -2.05. The molecule has 0 saturated carbocycles. The third kappa shape index (κ3) is 2.66. The van der Waals surface area contributed by atoms with Crippen LogP contribution in [0.1, 0.15) is 22.8 Å². The van der Waals surface area contributed by atoms with Crippen molar-refractivity contribution >= 4 is 27.7 Å². The molecule has 16 heavy (non-hydrogen) atoms. The minimum Gasteiger partial charge on any atom is -0.460 e. The summed E-state index contributed by atoms with van der Waals surface area (Å²) >= 11 is 2.99. The van der Waals surface area contributed by atoms with Crippen LogP contribution in [0.25, 0.3) is 0 Å². The summed E-state index contributed by atoms with van der Waals surface area (Å²) in [6.07, 6.45) is 0. The molecule has 0 fully saturated rings. The average molecular weight is 289 g/mol. The highest BCUT2D eigenvalue weighted by Gasteiger charge is 2.20. The van der Waals surface area contributed by atoms with E-state index >= 15 is 0 Å². The number of hydrogen-bond acceptors (Lipinski definition) is 3. The van der Waals surface area contributed by atoms with Gasteiger partial charge in [-0.3, -0.25) is 4.79 Å². The lowest BCUT2D eigenvalue weighted by Crippen LogP contribution is -2.18. The fourth-order valence-corrected chi connectivity index (χ4v) is 1.66. The van der Waals surface area contributed by atoms with E-state index in [2.05, 4.69) is 20.7 Å². The Hall–Kier alpha value is -1.23. The lowest BCUT2D eigenvalue weighted by atomic mass is 10.0. The third-order valence-corrected chi connectivity index (χ3v) is 2.58. The van der Waals surface area contributed by atoms with Gasteiger partial charge < -0.3 is 4.74 Å². The Morgan fingerprint density at radius 2 is 2.06 bits per heavy atom. The van der Waals surface area contributed by atoms with E-state index in [0.717, 1.165) is 6.07 Å². The molecule has 0 aromatic heterocycles. The van der Waals surface area contributed by atoms with Crippen molar-refractivity contribution in [3.63, 3.8) is 0 Å². The zero-order chi connectivity index (χ0) is 12.3. The van der Waals surface area contributed by atoms with Crippen LogP contribution >= 0.6 is 15.9 Å². The first-order chi connectivity index (χ1) is 7.47. The lowest BCUT2D eigenvalue weighted by molar-refractivity contribution is -0.137. The minimum absolute atomic E-state index is 0.0270. The molecule has 0 saturated heterocycles. The van der Waals surface area contributed by atoms with Gasteiger partial charge in [0.05, 0.1) is 11.1 Å². The molecule has 1 aromatic rings. The number of ketones is 1. The molecule has 3 nitrogen and oxygen atoms in total. The molecule has 0 heterocycles. The molecule has 0 atom stereocenters. The Morgan fingerprint density at radius 3 is 2.62 bits per heavy atom. The van der Waals surface area contributed by atoms with Gasteiger partial charge >= 0.3 is 5.97 Å². The van der Waals surface area contributed by atoms with E-state index in [9.17, 15) is 14.0 Å². The molecule has 0 bridgehead atoms. The molecule has 0 amide bonds. The molecule has 0 aliphatic carbocycles. The number of hydrogen-bond donors (Lipinski definition) is 0. The highest BCUT2D eigenvalue weighted by Crippen LogP contribution is 2.20. The van der Waals surface area contributed by atoms with E-state index in [4.69, 9.17) is 0 Å². The van der Waals surface area contributed by atoms with Crippen molar-refractivity contribution in [2.24, 2.45) is 0 Å². The van der Waals surface area contributed by atoms with Gasteiger partial charge in [-0.25, -0.2) is 9.18 Å². The molecule has 0 aliphatic heterocycles. The van der Waals surface area contributed by atoms with Gasteiger partial charge in [0.15, 0.2) is 0 Å². The second kappa shape index (κ2) is 5.21. The molecule has 0 N–H and O–H groups in total. The van der Waals surface area contributed by atoms with Gasteiger partial charge in [-0.05, 0) is 47.5 Å². The monoisotopic (exact) mass is 288 g/mol. The van der Waals surface area contributed by atoms with Crippen LogP contribution in [0.3, 0.4) is 0 Å². The van der Waals surface area contributed by atoms with E-state index < -0.39 is 17.6 Å². The van der Waals surface area contributed by atoms with Crippen molar-refractivity contribution in [3.05, 3.63) is 33.5 Å². The maximum absolute atomic E-state index is 13.2.